The monoisotopic (exact) mass is 358 g/mol. The molecular weight excluding hydrogens is 338 g/mol. The lowest BCUT2D eigenvalue weighted by molar-refractivity contribution is -0.116. The Bertz CT molecular complexity index is 852. The van der Waals surface area contributed by atoms with Gasteiger partial charge in [-0.2, -0.15) is 0 Å². The number of ketones is 1. The Morgan fingerprint density at radius 3 is 2.81 bits per heavy atom. The van der Waals surface area contributed by atoms with Gasteiger partial charge in [-0.05, 0) is 42.3 Å². The van der Waals surface area contributed by atoms with Gasteiger partial charge in [-0.25, -0.2) is 8.78 Å². The lowest BCUT2D eigenvalue weighted by atomic mass is 9.95. The fraction of sp³-hybridized carbons (Fsp3) is 0.300. The summed E-state index contributed by atoms with van der Waals surface area (Å²) in [4.78, 5) is 24.5. The zero-order valence-electron chi connectivity index (χ0n) is 14.4. The van der Waals surface area contributed by atoms with Gasteiger partial charge >= 0.3 is 0 Å². The van der Waals surface area contributed by atoms with Crippen LogP contribution in [0.4, 0.5) is 14.5 Å². The number of hydrogen-bond donors (Lipinski definition) is 2. The van der Waals surface area contributed by atoms with E-state index < -0.39 is 23.5 Å². The minimum atomic E-state index is -0.637. The van der Waals surface area contributed by atoms with Crippen molar-refractivity contribution in [3.05, 3.63) is 64.7 Å². The molecule has 0 spiro atoms. The normalized spacial score (nSPS) is 14.4. The summed E-state index contributed by atoms with van der Waals surface area (Å²) in [5, 5.41) is 5.72. The fourth-order valence-electron chi connectivity index (χ4n) is 3.13. The minimum absolute atomic E-state index is 0.104. The first kappa shape index (κ1) is 18.2. The molecule has 0 radical (unpaired) electrons. The van der Waals surface area contributed by atoms with E-state index in [1.165, 1.54) is 24.3 Å². The molecule has 2 N–H and O–H groups in total. The second-order valence-electron chi connectivity index (χ2n) is 6.52. The number of fused-ring (bicyclic) bond motifs is 1. The summed E-state index contributed by atoms with van der Waals surface area (Å²) >= 11 is 0. The predicted octanol–water partition coefficient (Wildman–Crippen LogP) is 3.46. The van der Waals surface area contributed by atoms with Crippen molar-refractivity contribution in [2.75, 3.05) is 11.9 Å². The Balaban J connectivity index is 1.66. The highest BCUT2D eigenvalue weighted by atomic mass is 19.1. The van der Waals surface area contributed by atoms with Crippen molar-refractivity contribution in [1.82, 2.24) is 5.32 Å². The molecule has 0 saturated heterocycles. The number of carbonyl (C=O) groups is 2. The highest BCUT2D eigenvalue weighted by Crippen LogP contribution is 2.25. The Morgan fingerprint density at radius 2 is 2.04 bits per heavy atom. The Labute approximate surface area is 150 Å². The average molecular weight is 358 g/mol. The lowest BCUT2D eigenvalue weighted by Gasteiger charge is -2.19. The molecule has 0 bridgehead atoms. The predicted molar refractivity (Wildman–Crippen MR) is 95.0 cm³/mol. The molecule has 26 heavy (non-hydrogen) atoms. The van der Waals surface area contributed by atoms with Gasteiger partial charge in [-0.3, -0.25) is 9.59 Å². The maximum atomic E-state index is 14.6. The molecule has 4 nitrogen and oxygen atoms in total. The Kier molecular flexibility index (Phi) is 5.42. The molecule has 1 aliphatic rings. The van der Waals surface area contributed by atoms with Gasteiger partial charge in [-0.1, -0.05) is 25.1 Å². The van der Waals surface area contributed by atoms with E-state index in [0.717, 1.165) is 11.6 Å². The molecule has 2 aromatic carbocycles. The second kappa shape index (κ2) is 7.74. The third-order valence-electron chi connectivity index (χ3n) is 4.53. The highest BCUT2D eigenvalue weighted by molar-refractivity contribution is 6.01. The largest absolute Gasteiger partial charge is 0.324 e. The topological polar surface area (TPSA) is 58.2 Å². The maximum absolute atomic E-state index is 14.6. The van der Waals surface area contributed by atoms with Crippen LogP contribution in [-0.2, 0) is 17.8 Å². The first-order valence-corrected chi connectivity index (χ1v) is 8.56. The van der Waals surface area contributed by atoms with Crippen LogP contribution in [0.15, 0.2) is 36.4 Å². The summed E-state index contributed by atoms with van der Waals surface area (Å²) in [7, 11) is 0. The van der Waals surface area contributed by atoms with Gasteiger partial charge in [0.05, 0.1) is 5.69 Å². The number of halogens is 2. The molecule has 1 atom stereocenters. The van der Waals surface area contributed by atoms with E-state index in [0.29, 0.717) is 25.1 Å². The molecule has 1 amide bonds. The number of Topliss-reactive ketones (excluding diaryl/α,β-unsaturated/α-hetero) is 1. The SMILES string of the molecule is CC(CC(=O)Nc1ccc2c(c1F)CCNC2)C(=O)c1cccc(F)c1. The number of amides is 1. The average Bonchev–Trinajstić information content (AvgIpc) is 2.63. The summed E-state index contributed by atoms with van der Waals surface area (Å²) in [6.45, 7) is 2.90. The van der Waals surface area contributed by atoms with Gasteiger partial charge in [0.25, 0.3) is 0 Å². The van der Waals surface area contributed by atoms with Crippen LogP contribution in [0.3, 0.4) is 0 Å². The van der Waals surface area contributed by atoms with Crippen LogP contribution in [0.2, 0.25) is 0 Å². The third kappa shape index (κ3) is 3.96. The molecule has 1 heterocycles. The molecule has 0 fully saturated rings. The number of hydrogen-bond acceptors (Lipinski definition) is 3. The molecule has 6 heteroatoms. The number of nitrogens with one attached hydrogen (secondary N) is 2. The number of anilines is 1. The van der Waals surface area contributed by atoms with E-state index in [4.69, 9.17) is 0 Å². The number of rotatable bonds is 5. The van der Waals surface area contributed by atoms with Crippen molar-refractivity contribution in [1.29, 1.82) is 0 Å². The van der Waals surface area contributed by atoms with Crippen LogP contribution in [0.25, 0.3) is 0 Å². The molecule has 0 saturated carbocycles. The third-order valence-corrected chi connectivity index (χ3v) is 4.53. The summed E-state index contributed by atoms with van der Waals surface area (Å²) < 4.78 is 27.8. The number of carbonyl (C=O) groups excluding carboxylic acids is 2. The second-order valence-corrected chi connectivity index (χ2v) is 6.52. The van der Waals surface area contributed by atoms with Crippen molar-refractivity contribution >= 4 is 17.4 Å². The van der Waals surface area contributed by atoms with E-state index >= 15 is 0 Å². The van der Waals surface area contributed by atoms with Gasteiger partial charge in [0.15, 0.2) is 5.78 Å². The molecule has 3 rings (SSSR count). The summed E-state index contributed by atoms with van der Waals surface area (Å²) in [5.74, 6) is -2.33. The standard InChI is InChI=1S/C20H20F2N2O2/c1-12(20(26)13-3-2-4-15(21)10-13)9-18(25)24-17-6-5-14-11-23-8-7-16(14)19(17)22/h2-6,10,12,23H,7-9,11H2,1H3,(H,24,25). The quantitative estimate of drug-likeness (QED) is 0.805. The Morgan fingerprint density at radius 1 is 1.23 bits per heavy atom. The highest BCUT2D eigenvalue weighted by Gasteiger charge is 2.21. The smallest absolute Gasteiger partial charge is 0.225 e. The van der Waals surface area contributed by atoms with E-state index in [2.05, 4.69) is 10.6 Å². The van der Waals surface area contributed by atoms with Crippen LogP contribution in [0, 0.1) is 17.6 Å². The van der Waals surface area contributed by atoms with Crippen LogP contribution < -0.4 is 10.6 Å². The van der Waals surface area contributed by atoms with Crippen molar-refractivity contribution in [3.8, 4) is 0 Å². The zero-order chi connectivity index (χ0) is 18.7. The molecule has 2 aromatic rings. The van der Waals surface area contributed by atoms with E-state index in [1.807, 2.05) is 0 Å². The first-order valence-electron chi connectivity index (χ1n) is 8.56. The summed E-state index contributed by atoms with van der Waals surface area (Å²) in [6.07, 6.45) is 0.465. The lowest BCUT2D eigenvalue weighted by Crippen LogP contribution is -2.25. The van der Waals surface area contributed by atoms with Gasteiger partial charge < -0.3 is 10.6 Å². The van der Waals surface area contributed by atoms with Gasteiger partial charge in [0, 0.05) is 24.4 Å². The van der Waals surface area contributed by atoms with Crippen molar-refractivity contribution in [3.63, 3.8) is 0 Å². The molecule has 0 aliphatic carbocycles. The van der Waals surface area contributed by atoms with Crippen LogP contribution in [-0.4, -0.2) is 18.2 Å². The maximum Gasteiger partial charge on any atom is 0.225 e. The van der Waals surface area contributed by atoms with E-state index in [1.54, 1.807) is 13.0 Å². The van der Waals surface area contributed by atoms with Crippen LogP contribution in [0.5, 0.6) is 0 Å². The first-order chi connectivity index (χ1) is 12.5. The molecule has 136 valence electrons. The van der Waals surface area contributed by atoms with Crippen molar-refractivity contribution in [2.24, 2.45) is 5.92 Å². The molecular formula is C20H20F2N2O2. The fourth-order valence-corrected chi connectivity index (χ4v) is 3.13. The zero-order valence-corrected chi connectivity index (χ0v) is 14.4. The molecule has 1 aliphatic heterocycles. The van der Waals surface area contributed by atoms with Crippen LogP contribution in [0.1, 0.15) is 34.8 Å². The molecule has 1 unspecified atom stereocenters. The van der Waals surface area contributed by atoms with Gasteiger partial charge in [0.2, 0.25) is 5.91 Å². The Hall–Kier alpha value is -2.60. The summed E-state index contributed by atoms with van der Waals surface area (Å²) in [5.41, 5.74) is 1.85. The van der Waals surface area contributed by atoms with Crippen molar-refractivity contribution in [2.45, 2.75) is 26.3 Å². The van der Waals surface area contributed by atoms with Crippen LogP contribution >= 0.6 is 0 Å². The van der Waals surface area contributed by atoms with E-state index in [9.17, 15) is 18.4 Å². The summed E-state index contributed by atoms with van der Waals surface area (Å²) in [6, 6.07) is 8.69. The molecule has 0 aromatic heterocycles. The van der Waals surface area contributed by atoms with E-state index in [-0.39, 0.29) is 23.5 Å². The minimum Gasteiger partial charge on any atom is -0.324 e. The van der Waals surface area contributed by atoms with Gasteiger partial charge in [0.1, 0.15) is 11.6 Å². The van der Waals surface area contributed by atoms with Crippen molar-refractivity contribution < 1.29 is 18.4 Å². The number of benzene rings is 2. The van der Waals surface area contributed by atoms with Gasteiger partial charge in [-0.15, -0.1) is 0 Å².